The van der Waals surface area contributed by atoms with E-state index in [1.165, 1.54) is 7.11 Å². The molecule has 130 valence electrons. The molecule has 0 radical (unpaired) electrons. The third kappa shape index (κ3) is 2.86. The molecule has 0 bridgehead atoms. The zero-order valence-corrected chi connectivity index (χ0v) is 14.8. The van der Waals surface area contributed by atoms with E-state index in [2.05, 4.69) is 0 Å². The third-order valence-corrected chi connectivity index (χ3v) is 6.20. The first-order chi connectivity index (χ1) is 11.5. The number of β-lactam (4-membered cyclic amide) rings is 1. The van der Waals surface area contributed by atoms with Gasteiger partial charge in [0, 0.05) is 12.4 Å². The van der Waals surface area contributed by atoms with Crippen molar-refractivity contribution >= 4 is 23.6 Å². The zero-order valence-electron chi connectivity index (χ0n) is 14.0. The first-order valence-electron chi connectivity index (χ1n) is 7.80. The summed E-state index contributed by atoms with van der Waals surface area (Å²) in [5.41, 5.74) is -0.256. The highest BCUT2D eigenvalue weighted by atomic mass is 32.2. The fraction of sp³-hybridized carbons (Fsp3) is 0.529. The SMILES string of the molecule is COc1ccc(COC(=O)C2(OC)CN3C(=O)C[C@H]3SC2C)cc1. The first-order valence-corrected chi connectivity index (χ1v) is 8.74. The molecule has 2 aliphatic rings. The minimum Gasteiger partial charge on any atom is -0.497 e. The lowest BCUT2D eigenvalue weighted by Gasteiger charge is -2.52. The molecule has 0 aliphatic carbocycles. The minimum absolute atomic E-state index is 0.0591. The summed E-state index contributed by atoms with van der Waals surface area (Å²) in [5, 5.41) is 0.0744. The number of benzene rings is 1. The van der Waals surface area contributed by atoms with E-state index in [-0.39, 0.29) is 29.7 Å². The largest absolute Gasteiger partial charge is 0.497 e. The van der Waals surface area contributed by atoms with Crippen molar-refractivity contribution in [1.29, 1.82) is 0 Å². The number of carbonyl (C=O) groups is 2. The van der Waals surface area contributed by atoms with Crippen LogP contribution in [0.3, 0.4) is 0 Å². The standard InChI is InChI=1S/C17H21NO5S/c1-11-17(22-3,10-18-14(19)8-15(18)24-11)16(20)23-9-12-4-6-13(21-2)7-5-12/h4-7,11,15H,8-10H2,1-3H3/t11?,15-,17?/m1/s1. The lowest BCUT2D eigenvalue weighted by Crippen LogP contribution is -2.68. The number of rotatable bonds is 5. The van der Waals surface area contributed by atoms with Gasteiger partial charge in [0.05, 0.1) is 25.4 Å². The van der Waals surface area contributed by atoms with E-state index in [0.29, 0.717) is 6.42 Å². The Bertz CT molecular complexity index is 634. The van der Waals surface area contributed by atoms with Crippen LogP contribution in [0.5, 0.6) is 5.75 Å². The predicted molar refractivity (Wildman–Crippen MR) is 89.7 cm³/mol. The van der Waals surface area contributed by atoms with Crippen LogP contribution in [0, 0.1) is 0 Å². The summed E-state index contributed by atoms with van der Waals surface area (Å²) in [6.07, 6.45) is 0.537. The number of hydrogen-bond donors (Lipinski definition) is 0. The van der Waals surface area contributed by atoms with Crippen molar-refractivity contribution in [3.63, 3.8) is 0 Å². The van der Waals surface area contributed by atoms with E-state index < -0.39 is 11.6 Å². The summed E-state index contributed by atoms with van der Waals surface area (Å²) in [6.45, 7) is 2.36. The molecule has 2 fully saturated rings. The van der Waals surface area contributed by atoms with Crippen LogP contribution in [0.4, 0.5) is 0 Å². The van der Waals surface area contributed by atoms with Crippen molar-refractivity contribution in [3.8, 4) is 5.75 Å². The van der Waals surface area contributed by atoms with E-state index in [9.17, 15) is 9.59 Å². The molecular formula is C17H21NO5S. The Morgan fingerprint density at radius 2 is 2.04 bits per heavy atom. The summed E-state index contributed by atoms with van der Waals surface area (Å²) < 4.78 is 16.2. The summed E-state index contributed by atoms with van der Waals surface area (Å²) >= 11 is 1.59. The Hall–Kier alpha value is -1.73. The predicted octanol–water partition coefficient (Wildman–Crippen LogP) is 1.82. The molecule has 2 heterocycles. The van der Waals surface area contributed by atoms with Crippen molar-refractivity contribution < 1.29 is 23.8 Å². The Balaban J connectivity index is 1.67. The van der Waals surface area contributed by atoms with Crippen LogP contribution in [0.2, 0.25) is 0 Å². The molecule has 3 rings (SSSR count). The smallest absolute Gasteiger partial charge is 0.341 e. The van der Waals surface area contributed by atoms with Crippen LogP contribution in [0.25, 0.3) is 0 Å². The molecular weight excluding hydrogens is 330 g/mol. The summed E-state index contributed by atoms with van der Waals surface area (Å²) in [5.74, 6) is 0.376. The molecule has 2 saturated heterocycles. The lowest BCUT2D eigenvalue weighted by molar-refractivity contribution is -0.178. The molecule has 2 unspecified atom stereocenters. The zero-order chi connectivity index (χ0) is 17.3. The van der Waals surface area contributed by atoms with Gasteiger partial charge in [-0.1, -0.05) is 12.1 Å². The van der Waals surface area contributed by atoms with E-state index in [0.717, 1.165) is 11.3 Å². The van der Waals surface area contributed by atoms with Crippen LogP contribution < -0.4 is 4.74 Å². The van der Waals surface area contributed by atoms with Crippen molar-refractivity contribution in [2.45, 2.75) is 36.2 Å². The quantitative estimate of drug-likeness (QED) is 0.596. The Morgan fingerprint density at radius 1 is 1.33 bits per heavy atom. The van der Waals surface area contributed by atoms with Crippen molar-refractivity contribution in [3.05, 3.63) is 29.8 Å². The van der Waals surface area contributed by atoms with E-state index >= 15 is 0 Å². The van der Waals surface area contributed by atoms with Crippen LogP contribution in [-0.2, 0) is 25.7 Å². The van der Waals surface area contributed by atoms with Gasteiger partial charge >= 0.3 is 5.97 Å². The summed E-state index contributed by atoms with van der Waals surface area (Å²) in [6, 6.07) is 7.33. The van der Waals surface area contributed by atoms with E-state index in [4.69, 9.17) is 14.2 Å². The number of hydrogen-bond acceptors (Lipinski definition) is 6. The summed E-state index contributed by atoms with van der Waals surface area (Å²) in [4.78, 5) is 26.1. The highest BCUT2D eigenvalue weighted by molar-refractivity contribution is 8.00. The molecule has 2 aliphatic heterocycles. The van der Waals surface area contributed by atoms with E-state index in [1.54, 1.807) is 23.8 Å². The van der Waals surface area contributed by atoms with Gasteiger partial charge in [0.1, 0.15) is 12.4 Å². The fourth-order valence-electron chi connectivity index (χ4n) is 3.00. The van der Waals surface area contributed by atoms with Crippen molar-refractivity contribution in [2.75, 3.05) is 20.8 Å². The number of nitrogens with zero attached hydrogens (tertiary/aromatic N) is 1. The van der Waals surface area contributed by atoms with Gasteiger partial charge in [-0.2, -0.15) is 0 Å². The fourth-order valence-corrected chi connectivity index (χ4v) is 4.54. The lowest BCUT2D eigenvalue weighted by atomic mass is 9.96. The number of methoxy groups -OCH3 is 2. The maximum absolute atomic E-state index is 12.7. The molecule has 1 amide bonds. The molecule has 0 spiro atoms. The second kappa shape index (κ2) is 6.64. The number of fused-ring (bicyclic) bond motifs is 1. The van der Waals surface area contributed by atoms with Crippen LogP contribution >= 0.6 is 11.8 Å². The van der Waals surface area contributed by atoms with Gasteiger partial charge in [0.2, 0.25) is 5.91 Å². The molecule has 1 aromatic rings. The molecule has 7 heteroatoms. The summed E-state index contributed by atoms with van der Waals surface area (Å²) in [7, 11) is 3.10. The number of esters is 1. The van der Waals surface area contributed by atoms with Crippen LogP contribution in [0.1, 0.15) is 18.9 Å². The van der Waals surface area contributed by atoms with Gasteiger partial charge in [-0.15, -0.1) is 11.8 Å². The van der Waals surface area contributed by atoms with Crippen LogP contribution in [0.15, 0.2) is 24.3 Å². The van der Waals surface area contributed by atoms with Gasteiger partial charge in [0.15, 0.2) is 5.60 Å². The highest BCUT2D eigenvalue weighted by Gasteiger charge is 2.57. The minimum atomic E-state index is -1.12. The number of amides is 1. The van der Waals surface area contributed by atoms with Gasteiger partial charge < -0.3 is 19.1 Å². The molecule has 24 heavy (non-hydrogen) atoms. The topological polar surface area (TPSA) is 65.1 Å². The Morgan fingerprint density at radius 3 is 2.62 bits per heavy atom. The average Bonchev–Trinajstić information content (AvgIpc) is 2.60. The van der Waals surface area contributed by atoms with Crippen molar-refractivity contribution in [2.24, 2.45) is 0 Å². The number of thioether (sulfide) groups is 1. The maximum atomic E-state index is 12.7. The monoisotopic (exact) mass is 351 g/mol. The van der Waals surface area contributed by atoms with Gasteiger partial charge in [-0.3, -0.25) is 4.79 Å². The molecule has 1 aromatic carbocycles. The molecule has 3 atom stereocenters. The maximum Gasteiger partial charge on any atom is 0.341 e. The second-order valence-electron chi connectivity index (χ2n) is 5.98. The number of carbonyl (C=O) groups excluding carboxylic acids is 2. The van der Waals surface area contributed by atoms with Crippen molar-refractivity contribution in [1.82, 2.24) is 4.90 Å². The molecule has 6 nitrogen and oxygen atoms in total. The van der Waals surface area contributed by atoms with Gasteiger partial charge in [-0.05, 0) is 24.6 Å². The molecule has 0 aromatic heterocycles. The van der Waals surface area contributed by atoms with Gasteiger partial charge in [-0.25, -0.2) is 4.79 Å². The highest BCUT2D eigenvalue weighted by Crippen LogP contribution is 2.44. The Labute approximate surface area is 145 Å². The third-order valence-electron chi connectivity index (χ3n) is 4.68. The molecule has 0 N–H and O–H groups in total. The first kappa shape index (κ1) is 17.1. The number of ether oxygens (including phenoxy) is 3. The van der Waals surface area contributed by atoms with Crippen LogP contribution in [-0.4, -0.2) is 53.8 Å². The van der Waals surface area contributed by atoms with E-state index in [1.807, 2.05) is 31.2 Å². The Kier molecular flexibility index (Phi) is 4.73. The average molecular weight is 351 g/mol. The normalized spacial score (nSPS) is 28.8. The molecule has 0 saturated carbocycles. The van der Waals surface area contributed by atoms with Gasteiger partial charge in [0.25, 0.3) is 0 Å². The second-order valence-corrected chi connectivity index (χ2v) is 7.50.